The summed E-state index contributed by atoms with van der Waals surface area (Å²) in [7, 11) is 0. The molecule has 0 saturated heterocycles. The van der Waals surface area contributed by atoms with Gasteiger partial charge in [-0.15, -0.1) is 0 Å². The van der Waals surface area contributed by atoms with Crippen molar-refractivity contribution < 1.29 is 9.90 Å². The third-order valence-electron chi connectivity index (χ3n) is 2.73. The van der Waals surface area contributed by atoms with Gasteiger partial charge in [-0.05, 0) is 31.1 Å². The third kappa shape index (κ3) is 3.62. The zero-order valence-corrected chi connectivity index (χ0v) is 8.47. The van der Waals surface area contributed by atoms with Gasteiger partial charge < -0.3 is 5.11 Å². The van der Waals surface area contributed by atoms with E-state index in [0.29, 0.717) is 5.41 Å². The number of aliphatic carboxylic acids is 1. The van der Waals surface area contributed by atoms with Gasteiger partial charge in [-0.25, -0.2) is 0 Å². The Bertz CT molecular complexity index is 226. The first-order chi connectivity index (χ1) is 5.99. The summed E-state index contributed by atoms with van der Waals surface area (Å²) < 4.78 is 0. The van der Waals surface area contributed by atoms with Gasteiger partial charge in [0, 0.05) is 6.42 Å². The second kappa shape index (κ2) is 3.95. The Kier molecular flexibility index (Phi) is 3.12. The lowest BCUT2D eigenvalue weighted by molar-refractivity contribution is -0.136. The fraction of sp³-hybridized carbons (Fsp3) is 0.727. The Morgan fingerprint density at radius 3 is 2.77 bits per heavy atom. The lowest BCUT2D eigenvalue weighted by Gasteiger charge is -2.28. The van der Waals surface area contributed by atoms with Crippen LogP contribution in [0.1, 0.15) is 46.0 Å². The van der Waals surface area contributed by atoms with E-state index in [9.17, 15) is 4.79 Å². The van der Waals surface area contributed by atoms with Crippen LogP contribution in [-0.4, -0.2) is 11.1 Å². The Labute approximate surface area is 79.6 Å². The number of carbonyl (C=O) groups is 1. The van der Waals surface area contributed by atoms with Gasteiger partial charge >= 0.3 is 5.97 Å². The van der Waals surface area contributed by atoms with Crippen LogP contribution in [0.15, 0.2) is 11.6 Å². The van der Waals surface area contributed by atoms with Crippen LogP contribution in [0.25, 0.3) is 0 Å². The molecular formula is C11H18O2. The molecule has 0 bridgehead atoms. The molecule has 0 aromatic rings. The average Bonchev–Trinajstić information content (AvgIpc) is 2.02. The molecule has 0 spiro atoms. The Morgan fingerprint density at radius 2 is 2.31 bits per heavy atom. The fourth-order valence-electron chi connectivity index (χ4n) is 1.62. The van der Waals surface area contributed by atoms with Crippen molar-refractivity contribution in [3.63, 3.8) is 0 Å². The molecule has 1 aliphatic carbocycles. The maximum Gasteiger partial charge on any atom is 0.303 e. The minimum atomic E-state index is -0.689. The van der Waals surface area contributed by atoms with E-state index in [0.717, 1.165) is 19.3 Å². The van der Waals surface area contributed by atoms with Gasteiger partial charge in [0.05, 0.1) is 0 Å². The molecule has 0 atom stereocenters. The van der Waals surface area contributed by atoms with Gasteiger partial charge in [-0.2, -0.15) is 0 Å². The fourth-order valence-corrected chi connectivity index (χ4v) is 1.62. The first-order valence-electron chi connectivity index (χ1n) is 4.89. The quantitative estimate of drug-likeness (QED) is 0.681. The predicted octanol–water partition coefficient (Wildman–Crippen LogP) is 2.99. The Balaban J connectivity index is 2.38. The summed E-state index contributed by atoms with van der Waals surface area (Å²) in [5, 5.41) is 8.52. The highest BCUT2D eigenvalue weighted by Crippen LogP contribution is 2.35. The smallest absolute Gasteiger partial charge is 0.303 e. The summed E-state index contributed by atoms with van der Waals surface area (Å²) in [6.07, 6.45) is 6.63. The van der Waals surface area contributed by atoms with E-state index in [1.54, 1.807) is 0 Å². The molecule has 0 aromatic carbocycles. The van der Waals surface area contributed by atoms with Crippen molar-refractivity contribution in [3.05, 3.63) is 11.6 Å². The maximum atomic E-state index is 10.3. The van der Waals surface area contributed by atoms with E-state index in [1.807, 2.05) is 0 Å². The monoisotopic (exact) mass is 182 g/mol. The number of hydrogen-bond donors (Lipinski definition) is 1. The number of carboxylic acid groups (broad SMARTS) is 1. The predicted molar refractivity (Wildman–Crippen MR) is 52.6 cm³/mol. The van der Waals surface area contributed by atoms with E-state index >= 15 is 0 Å². The van der Waals surface area contributed by atoms with Crippen LogP contribution in [0.4, 0.5) is 0 Å². The third-order valence-corrected chi connectivity index (χ3v) is 2.73. The molecule has 1 aliphatic rings. The number of rotatable bonds is 3. The minimum absolute atomic E-state index is 0.284. The molecule has 13 heavy (non-hydrogen) atoms. The van der Waals surface area contributed by atoms with Gasteiger partial charge in [0.25, 0.3) is 0 Å². The van der Waals surface area contributed by atoms with E-state index in [-0.39, 0.29) is 6.42 Å². The SMILES string of the molecule is CC1(C)CC=C(CCC(=O)O)CC1. The Morgan fingerprint density at radius 1 is 1.62 bits per heavy atom. The molecule has 2 nitrogen and oxygen atoms in total. The van der Waals surface area contributed by atoms with Crippen molar-refractivity contribution in [2.24, 2.45) is 5.41 Å². The lowest BCUT2D eigenvalue weighted by Crippen LogP contribution is -2.14. The summed E-state index contributed by atoms with van der Waals surface area (Å²) in [5.41, 5.74) is 1.76. The van der Waals surface area contributed by atoms with Gasteiger partial charge in [0.15, 0.2) is 0 Å². The maximum absolute atomic E-state index is 10.3. The van der Waals surface area contributed by atoms with E-state index in [1.165, 1.54) is 12.0 Å². The van der Waals surface area contributed by atoms with Crippen LogP contribution < -0.4 is 0 Å². The highest BCUT2D eigenvalue weighted by molar-refractivity contribution is 5.67. The van der Waals surface area contributed by atoms with Crippen LogP contribution in [0.2, 0.25) is 0 Å². The van der Waals surface area contributed by atoms with Gasteiger partial charge in [-0.3, -0.25) is 4.79 Å². The normalized spacial score (nSPS) is 20.9. The molecule has 2 heteroatoms. The minimum Gasteiger partial charge on any atom is -0.481 e. The second-order valence-corrected chi connectivity index (χ2v) is 4.62. The second-order valence-electron chi connectivity index (χ2n) is 4.62. The molecular weight excluding hydrogens is 164 g/mol. The number of carboxylic acids is 1. The van der Waals surface area contributed by atoms with Crippen LogP contribution in [0, 0.1) is 5.41 Å². The van der Waals surface area contributed by atoms with E-state index in [2.05, 4.69) is 19.9 Å². The summed E-state index contributed by atoms with van der Waals surface area (Å²) >= 11 is 0. The van der Waals surface area contributed by atoms with Crippen LogP contribution in [0.5, 0.6) is 0 Å². The van der Waals surface area contributed by atoms with Gasteiger partial charge in [-0.1, -0.05) is 25.5 Å². The Hall–Kier alpha value is -0.790. The van der Waals surface area contributed by atoms with Crippen molar-refractivity contribution in [1.82, 2.24) is 0 Å². The van der Waals surface area contributed by atoms with Crippen LogP contribution in [-0.2, 0) is 4.79 Å². The molecule has 0 radical (unpaired) electrons. The first-order valence-corrected chi connectivity index (χ1v) is 4.89. The molecule has 0 aromatic heterocycles. The molecule has 0 fully saturated rings. The number of allylic oxidation sites excluding steroid dienone is 2. The standard InChI is InChI=1S/C11H18O2/c1-11(2)7-5-9(6-8-11)3-4-10(12)13/h5H,3-4,6-8H2,1-2H3,(H,12,13). The highest BCUT2D eigenvalue weighted by Gasteiger charge is 2.21. The molecule has 0 saturated carbocycles. The van der Waals surface area contributed by atoms with Crippen molar-refractivity contribution in [1.29, 1.82) is 0 Å². The van der Waals surface area contributed by atoms with E-state index < -0.39 is 5.97 Å². The number of hydrogen-bond acceptors (Lipinski definition) is 1. The lowest BCUT2D eigenvalue weighted by atomic mass is 9.77. The van der Waals surface area contributed by atoms with Crippen molar-refractivity contribution in [2.75, 3.05) is 0 Å². The first kappa shape index (κ1) is 10.3. The molecule has 1 N–H and O–H groups in total. The molecule has 0 amide bonds. The molecule has 74 valence electrons. The van der Waals surface area contributed by atoms with Gasteiger partial charge in [0.1, 0.15) is 0 Å². The largest absolute Gasteiger partial charge is 0.481 e. The summed E-state index contributed by atoms with van der Waals surface area (Å²) in [6, 6.07) is 0. The van der Waals surface area contributed by atoms with E-state index in [4.69, 9.17) is 5.11 Å². The van der Waals surface area contributed by atoms with Crippen molar-refractivity contribution in [3.8, 4) is 0 Å². The zero-order valence-electron chi connectivity index (χ0n) is 8.47. The summed E-state index contributed by atoms with van der Waals surface area (Å²) in [4.78, 5) is 10.3. The summed E-state index contributed by atoms with van der Waals surface area (Å²) in [5.74, 6) is -0.689. The summed E-state index contributed by atoms with van der Waals surface area (Å²) in [6.45, 7) is 4.52. The molecule has 0 aliphatic heterocycles. The van der Waals surface area contributed by atoms with Crippen LogP contribution in [0.3, 0.4) is 0 Å². The molecule has 0 unspecified atom stereocenters. The highest BCUT2D eigenvalue weighted by atomic mass is 16.4. The van der Waals surface area contributed by atoms with Crippen molar-refractivity contribution in [2.45, 2.75) is 46.0 Å². The molecule has 0 heterocycles. The van der Waals surface area contributed by atoms with Crippen LogP contribution >= 0.6 is 0 Å². The van der Waals surface area contributed by atoms with Crippen molar-refractivity contribution >= 4 is 5.97 Å². The topological polar surface area (TPSA) is 37.3 Å². The zero-order chi connectivity index (χ0) is 9.90. The van der Waals surface area contributed by atoms with Gasteiger partial charge in [0.2, 0.25) is 0 Å². The molecule has 1 rings (SSSR count). The average molecular weight is 182 g/mol.